The van der Waals surface area contributed by atoms with E-state index < -0.39 is 5.91 Å². The number of phenols is 1. The SMILES string of the molecule is CC(C)(C)c1cc(C=CC(N)=O)c(O)c(C(C)(C)C)c1. The Bertz CT molecular complexity index is 543. The van der Waals surface area contributed by atoms with Crippen LogP contribution in [-0.4, -0.2) is 11.0 Å². The molecule has 0 spiro atoms. The molecule has 0 bridgehead atoms. The van der Waals surface area contributed by atoms with Crippen molar-refractivity contribution >= 4 is 12.0 Å². The monoisotopic (exact) mass is 275 g/mol. The number of rotatable bonds is 2. The highest BCUT2D eigenvalue weighted by Gasteiger charge is 2.24. The number of primary amides is 1. The number of hydrogen-bond acceptors (Lipinski definition) is 2. The van der Waals surface area contributed by atoms with Crippen molar-refractivity contribution in [1.29, 1.82) is 0 Å². The van der Waals surface area contributed by atoms with Crippen LogP contribution in [0.1, 0.15) is 58.2 Å². The summed E-state index contributed by atoms with van der Waals surface area (Å²) in [6.45, 7) is 12.5. The number of benzene rings is 1. The van der Waals surface area contributed by atoms with E-state index in [-0.39, 0.29) is 16.6 Å². The van der Waals surface area contributed by atoms with Gasteiger partial charge >= 0.3 is 0 Å². The molecule has 0 aliphatic heterocycles. The molecule has 3 heteroatoms. The van der Waals surface area contributed by atoms with E-state index in [1.807, 2.05) is 12.1 Å². The molecule has 0 unspecified atom stereocenters. The largest absolute Gasteiger partial charge is 0.507 e. The molecule has 0 aliphatic carbocycles. The molecular weight excluding hydrogens is 250 g/mol. The van der Waals surface area contributed by atoms with E-state index in [0.717, 1.165) is 11.1 Å². The second-order valence-corrected chi connectivity index (χ2v) is 7.20. The Morgan fingerprint density at radius 1 is 1.10 bits per heavy atom. The lowest BCUT2D eigenvalue weighted by Crippen LogP contribution is -2.17. The topological polar surface area (TPSA) is 63.3 Å². The van der Waals surface area contributed by atoms with E-state index in [9.17, 15) is 9.90 Å². The molecule has 1 amide bonds. The van der Waals surface area contributed by atoms with Crippen LogP contribution >= 0.6 is 0 Å². The lowest BCUT2D eigenvalue weighted by Gasteiger charge is -2.27. The molecule has 1 aromatic rings. The van der Waals surface area contributed by atoms with Gasteiger partial charge in [0.05, 0.1) is 0 Å². The minimum Gasteiger partial charge on any atom is -0.507 e. The predicted molar refractivity (Wildman–Crippen MR) is 83.7 cm³/mol. The number of aromatic hydroxyl groups is 1. The summed E-state index contributed by atoms with van der Waals surface area (Å²) in [6, 6.07) is 3.95. The van der Waals surface area contributed by atoms with Gasteiger partial charge < -0.3 is 10.8 Å². The van der Waals surface area contributed by atoms with E-state index in [0.29, 0.717) is 5.56 Å². The Morgan fingerprint density at radius 2 is 1.65 bits per heavy atom. The maximum absolute atomic E-state index is 10.9. The van der Waals surface area contributed by atoms with Crippen LogP contribution in [0, 0.1) is 0 Å². The molecule has 0 saturated heterocycles. The van der Waals surface area contributed by atoms with Gasteiger partial charge in [0, 0.05) is 17.2 Å². The van der Waals surface area contributed by atoms with Crippen LogP contribution in [0.2, 0.25) is 0 Å². The van der Waals surface area contributed by atoms with Gasteiger partial charge in [-0.15, -0.1) is 0 Å². The van der Waals surface area contributed by atoms with Crippen LogP contribution in [0.5, 0.6) is 5.75 Å². The highest BCUT2D eigenvalue weighted by atomic mass is 16.3. The number of carbonyl (C=O) groups is 1. The van der Waals surface area contributed by atoms with E-state index in [1.54, 1.807) is 6.08 Å². The Hall–Kier alpha value is -1.77. The quantitative estimate of drug-likeness (QED) is 0.812. The second kappa shape index (κ2) is 5.31. The van der Waals surface area contributed by atoms with Gasteiger partial charge in [0.25, 0.3) is 0 Å². The first-order chi connectivity index (χ1) is 8.93. The molecule has 0 fully saturated rings. The van der Waals surface area contributed by atoms with Crippen molar-refractivity contribution in [3.8, 4) is 5.75 Å². The minimum atomic E-state index is -0.525. The summed E-state index contributed by atoms with van der Waals surface area (Å²) < 4.78 is 0. The van der Waals surface area contributed by atoms with Gasteiger partial charge in [-0.05, 0) is 28.5 Å². The second-order valence-electron chi connectivity index (χ2n) is 7.20. The van der Waals surface area contributed by atoms with E-state index in [2.05, 4.69) is 41.5 Å². The van der Waals surface area contributed by atoms with Gasteiger partial charge in [-0.1, -0.05) is 47.6 Å². The third-order valence-corrected chi connectivity index (χ3v) is 3.24. The molecule has 3 N–H and O–H groups in total. The van der Waals surface area contributed by atoms with Crippen LogP contribution in [0.3, 0.4) is 0 Å². The first kappa shape index (κ1) is 16.3. The third kappa shape index (κ3) is 3.86. The number of phenolic OH excluding ortho intramolecular Hbond substituents is 1. The fourth-order valence-corrected chi connectivity index (χ4v) is 1.96. The fraction of sp³-hybridized carbons (Fsp3) is 0.471. The van der Waals surface area contributed by atoms with Gasteiger partial charge in [0.1, 0.15) is 5.75 Å². The maximum Gasteiger partial charge on any atom is 0.241 e. The molecule has 0 heterocycles. The fourth-order valence-electron chi connectivity index (χ4n) is 1.96. The summed E-state index contributed by atoms with van der Waals surface area (Å²) in [7, 11) is 0. The van der Waals surface area contributed by atoms with Crippen molar-refractivity contribution in [1.82, 2.24) is 0 Å². The Kier molecular flexibility index (Phi) is 4.33. The summed E-state index contributed by atoms with van der Waals surface area (Å²) >= 11 is 0. The van der Waals surface area contributed by atoms with Gasteiger partial charge in [0.2, 0.25) is 5.91 Å². The lowest BCUT2D eigenvalue weighted by molar-refractivity contribution is -0.113. The van der Waals surface area contributed by atoms with Crippen molar-refractivity contribution in [2.24, 2.45) is 5.73 Å². The van der Waals surface area contributed by atoms with Gasteiger partial charge in [0.15, 0.2) is 0 Å². The number of hydrogen-bond donors (Lipinski definition) is 2. The molecule has 20 heavy (non-hydrogen) atoms. The zero-order valence-corrected chi connectivity index (χ0v) is 13.2. The molecule has 0 saturated carbocycles. The summed E-state index contributed by atoms with van der Waals surface area (Å²) in [6.07, 6.45) is 2.84. The molecular formula is C17H25NO2. The standard InChI is InChI=1S/C17H25NO2/c1-16(2,3)12-9-11(7-8-14(18)19)15(20)13(10-12)17(4,5)6/h7-10,20H,1-6H3,(H2,18,19). The van der Waals surface area contributed by atoms with Crippen molar-refractivity contribution in [3.63, 3.8) is 0 Å². The van der Waals surface area contributed by atoms with Gasteiger partial charge in [-0.3, -0.25) is 4.79 Å². The van der Waals surface area contributed by atoms with Crippen LogP contribution in [0.4, 0.5) is 0 Å². The van der Waals surface area contributed by atoms with Crippen molar-refractivity contribution < 1.29 is 9.90 Å². The first-order valence-electron chi connectivity index (χ1n) is 6.78. The summed E-state index contributed by atoms with van der Waals surface area (Å²) in [5, 5.41) is 10.4. The average Bonchev–Trinajstić information content (AvgIpc) is 2.24. The lowest BCUT2D eigenvalue weighted by atomic mass is 9.79. The van der Waals surface area contributed by atoms with E-state index in [1.165, 1.54) is 6.08 Å². The molecule has 1 aromatic carbocycles. The molecule has 0 atom stereocenters. The summed E-state index contributed by atoms with van der Waals surface area (Å²) in [4.78, 5) is 10.9. The number of amides is 1. The highest BCUT2D eigenvalue weighted by molar-refractivity contribution is 5.90. The molecule has 3 nitrogen and oxygen atoms in total. The normalized spacial score (nSPS) is 12.9. The summed E-state index contributed by atoms with van der Waals surface area (Å²) in [5.41, 5.74) is 7.52. The van der Waals surface area contributed by atoms with Crippen LogP contribution in [0.25, 0.3) is 6.08 Å². The molecule has 0 aliphatic rings. The van der Waals surface area contributed by atoms with Crippen LogP contribution in [0.15, 0.2) is 18.2 Å². The first-order valence-corrected chi connectivity index (χ1v) is 6.78. The molecule has 1 rings (SSSR count). The minimum absolute atomic E-state index is 0.0387. The third-order valence-electron chi connectivity index (χ3n) is 3.24. The molecule has 110 valence electrons. The predicted octanol–water partition coefficient (Wildman–Crippen LogP) is 3.49. The van der Waals surface area contributed by atoms with Crippen molar-refractivity contribution in [2.45, 2.75) is 52.4 Å². The number of carbonyl (C=O) groups excluding carboxylic acids is 1. The molecule has 0 radical (unpaired) electrons. The van der Waals surface area contributed by atoms with Crippen LogP contribution in [-0.2, 0) is 15.6 Å². The molecule has 0 aromatic heterocycles. The van der Waals surface area contributed by atoms with Gasteiger partial charge in [-0.25, -0.2) is 0 Å². The smallest absolute Gasteiger partial charge is 0.241 e. The van der Waals surface area contributed by atoms with E-state index in [4.69, 9.17) is 5.73 Å². The Labute approximate surface area is 121 Å². The maximum atomic E-state index is 10.9. The Balaban J connectivity index is 3.55. The number of nitrogens with two attached hydrogens (primary N) is 1. The van der Waals surface area contributed by atoms with Crippen LogP contribution < -0.4 is 5.73 Å². The van der Waals surface area contributed by atoms with Gasteiger partial charge in [-0.2, -0.15) is 0 Å². The zero-order valence-electron chi connectivity index (χ0n) is 13.2. The Morgan fingerprint density at radius 3 is 2.05 bits per heavy atom. The summed E-state index contributed by atoms with van der Waals surface area (Å²) in [5.74, 6) is -0.314. The van der Waals surface area contributed by atoms with Crippen molar-refractivity contribution in [2.75, 3.05) is 0 Å². The van der Waals surface area contributed by atoms with E-state index >= 15 is 0 Å². The van der Waals surface area contributed by atoms with Crippen molar-refractivity contribution in [3.05, 3.63) is 34.9 Å². The zero-order chi connectivity index (χ0) is 15.7. The highest BCUT2D eigenvalue weighted by Crippen LogP contribution is 2.38. The average molecular weight is 275 g/mol.